The Labute approximate surface area is 36.0 Å². The second kappa shape index (κ2) is 2.75. The van der Waals surface area contributed by atoms with Crippen LogP contribution in [0.5, 0.6) is 0 Å². The average Bonchev–Trinajstić information content (AvgIpc) is 1.35. The lowest BCUT2D eigenvalue weighted by molar-refractivity contribution is 0.258. The summed E-state index contributed by atoms with van der Waals surface area (Å²) in [5.41, 5.74) is 0. The summed E-state index contributed by atoms with van der Waals surface area (Å²) in [6.07, 6.45) is 0.949. The SMILES string of the molecule is C=COB(O)O. The van der Waals surface area contributed by atoms with Crippen LogP contribution in [0.3, 0.4) is 0 Å². The minimum absolute atomic E-state index is 0.949. The highest BCUT2D eigenvalue weighted by molar-refractivity contribution is 6.32. The molecule has 0 spiro atoms. The lowest BCUT2D eigenvalue weighted by atomic mass is 10.3. The van der Waals surface area contributed by atoms with Gasteiger partial charge in [-0.1, -0.05) is 6.58 Å². The van der Waals surface area contributed by atoms with Crippen LogP contribution < -0.4 is 0 Å². The second-order valence-electron chi connectivity index (χ2n) is 0.629. The third-order valence-electron chi connectivity index (χ3n) is 0.218. The molecule has 0 aliphatic carbocycles. The van der Waals surface area contributed by atoms with Crippen LogP contribution >= 0.6 is 0 Å². The zero-order valence-corrected chi connectivity index (χ0v) is 3.16. The van der Waals surface area contributed by atoms with Crippen LogP contribution in [-0.4, -0.2) is 17.4 Å². The average molecular weight is 87.9 g/mol. The zero-order valence-electron chi connectivity index (χ0n) is 3.16. The molecule has 0 heterocycles. The monoisotopic (exact) mass is 88.0 g/mol. The molecular weight excluding hydrogens is 82.8 g/mol. The predicted octanol–water partition coefficient (Wildman–Crippen LogP) is -0.884. The van der Waals surface area contributed by atoms with Gasteiger partial charge in [-0.2, -0.15) is 0 Å². The van der Waals surface area contributed by atoms with Crippen molar-refractivity contribution in [3.05, 3.63) is 12.8 Å². The lowest BCUT2D eigenvalue weighted by Crippen LogP contribution is -2.12. The van der Waals surface area contributed by atoms with E-state index in [4.69, 9.17) is 10.0 Å². The molecule has 0 aliphatic heterocycles. The molecule has 0 unspecified atom stereocenters. The van der Waals surface area contributed by atoms with Gasteiger partial charge in [0.05, 0.1) is 6.26 Å². The molecule has 2 N–H and O–H groups in total. The van der Waals surface area contributed by atoms with Gasteiger partial charge in [-0.05, 0) is 0 Å². The van der Waals surface area contributed by atoms with Gasteiger partial charge in [0, 0.05) is 0 Å². The first-order valence-electron chi connectivity index (χ1n) is 1.40. The van der Waals surface area contributed by atoms with Crippen LogP contribution in [0.25, 0.3) is 0 Å². The minimum atomic E-state index is -1.72. The van der Waals surface area contributed by atoms with Gasteiger partial charge in [-0.25, -0.2) is 0 Å². The van der Waals surface area contributed by atoms with Crippen molar-refractivity contribution in [1.29, 1.82) is 0 Å². The Kier molecular flexibility index (Phi) is 2.53. The van der Waals surface area contributed by atoms with E-state index >= 15 is 0 Å². The first-order valence-corrected chi connectivity index (χ1v) is 1.40. The highest BCUT2D eigenvalue weighted by atomic mass is 16.6. The molecule has 0 rings (SSSR count). The Hall–Kier alpha value is -0.475. The van der Waals surface area contributed by atoms with Gasteiger partial charge in [-0.15, -0.1) is 0 Å². The molecule has 0 aromatic rings. The summed E-state index contributed by atoms with van der Waals surface area (Å²) in [7, 11) is -1.72. The Morgan fingerprint density at radius 2 is 2.17 bits per heavy atom. The van der Waals surface area contributed by atoms with Gasteiger partial charge in [0.15, 0.2) is 0 Å². The normalized spacial score (nSPS) is 7.00. The fourth-order valence-corrected chi connectivity index (χ4v) is 0.0861. The lowest BCUT2D eigenvalue weighted by Gasteiger charge is -1.90. The summed E-state index contributed by atoms with van der Waals surface area (Å²) < 4.78 is 3.92. The Morgan fingerprint density at radius 3 is 2.17 bits per heavy atom. The summed E-state index contributed by atoms with van der Waals surface area (Å²) in [5, 5.41) is 15.6. The van der Waals surface area contributed by atoms with Crippen molar-refractivity contribution in [2.75, 3.05) is 0 Å². The maximum Gasteiger partial charge on any atom is 0.707 e. The molecule has 6 heavy (non-hydrogen) atoms. The molecular formula is C2H5BO3. The van der Waals surface area contributed by atoms with Crippen molar-refractivity contribution in [1.82, 2.24) is 0 Å². The molecule has 34 valence electrons. The smallest absolute Gasteiger partial charge is 0.519 e. The van der Waals surface area contributed by atoms with E-state index in [0.717, 1.165) is 6.26 Å². The maximum atomic E-state index is 7.81. The fourth-order valence-electron chi connectivity index (χ4n) is 0.0861. The van der Waals surface area contributed by atoms with E-state index in [-0.39, 0.29) is 0 Å². The summed E-state index contributed by atoms with van der Waals surface area (Å²) in [5.74, 6) is 0. The molecule has 0 saturated heterocycles. The molecule has 3 nitrogen and oxygen atoms in total. The predicted molar refractivity (Wildman–Crippen MR) is 21.5 cm³/mol. The second-order valence-corrected chi connectivity index (χ2v) is 0.629. The molecule has 0 radical (unpaired) electrons. The molecule has 0 bridgehead atoms. The first kappa shape index (κ1) is 5.52. The Bertz CT molecular complexity index is 44.1. The topological polar surface area (TPSA) is 49.7 Å². The van der Waals surface area contributed by atoms with E-state index in [0.29, 0.717) is 0 Å². The van der Waals surface area contributed by atoms with Gasteiger partial charge in [0.25, 0.3) is 0 Å². The van der Waals surface area contributed by atoms with E-state index in [1.165, 1.54) is 0 Å². The summed E-state index contributed by atoms with van der Waals surface area (Å²) in [4.78, 5) is 0. The van der Waals surface area contributed by atoms with Gasteiger partial charge in [0.1, 0.15) is 0 Å². The molecule has 0 aromatic carbocycles. The maximum absolute atomic E-state index is 7.81. The zero-order chi connectivity index (χ0) is 4.99. The van der Waals surface area contributed by atoms with Crippen molar-refractivity contribution < 1.29 is 14.7 Å². The van der Waals surface area contributed by atoms with Crippen LogP contribution in [0.4, 0.5) is 0 Å². The third-order valence-corrected chi connectivity index (χ3v) is 0.218. The molecule has 0 fully saturated rings. The number of hydrogen-bond donors (Lipinski definition) is 2. The molecule has 0 atom stereocenters. The molecule has 4 heteroatoms. The Balaban J connectivity index is 2.81. The quantitative estimate of drug-likeness (QED) is 0.340. The minimum Gasteiger partial charge on any atom is -0.519 e. The van der Waals surface area contributed by atoms with Crippen LogP contribution in [0.2, 0.25) is 0 Å². The number of hydrogen-bond acceptors (Lipinski definition) is 3. The fraction of sp³-hybridized carbons (Fsp3) is 0. The van der Waals surface area contributed by atoms with Crippen LogP contribution in [0.15, 0.2) is 12.8 Å². The van der Waals surface area contributed by atoms with Gasteiger partial charge < -0.3 is 14.7 Å². The van der Waals surface area contributed by atoms with Crippen LogP contribution in [0.1, 0.15) is 0 Å². The molecule has 0 aliphatic rings. The molecule has 0 aromatic heterocycles. The molecule has 0 amide bonds. The van der Waals surface area contributed by atoms with Gasteiger partial charge in [-0.3, -0.25) is 0 Å². The van der Waals surface area contributed by atoms with Crippen molar-refractivity contribution >= 4 is 7.32 Å². The Morgan fingerprint density at radius 1 is 1.67 bits per heavy atom. The van der Waals surface area contributed by atoms with Crippen molar-refractivity contribution in [3.63, 3.8) is 0 Å². The first-order chi connectivity index (χ1) is 2.77. The highest BCUT2D eigenvalue weighted by Gasteiger charge is 2.04. The van der Waals surface area contributed by atoms with E-state index in [9.17, 15) is 0 Å². The largest absolute Gasteiger partial charge is 0.707 e. The van der Waals surface area contributed by atoms with Gasteiger partial charge >= 0.3 is 7.32 Å². The van der Waals surface area contributed by atoms with E-state index in [2.05, 4.69) is 11.2 Å². The summed E-state index contributed by atoms with van der Waals surface area (Å²) >= 11 is 0. The highest BCUT2D eigenvalue weighted by Crippen LogP contribution is 1.70. The van der Waals surface area contributed by atoms with Crippen LogP contribution in [0, 0.1) is 0 Å². The van der Waals surface area contributed by atoms with E-state index in [1.54, 1.807) is 0 Å². The number of rotatable bonds is 2. The summed E-state index contributed by atoms with van der Waals surface area (Å²) in [6.45, 7) is 3.06. The van der Waals surface area contributed by atoms with E-state index in [1.807, 2.05) is 0 Å². The van der Waals surface area contributed by atoms with Crippen LogP contribution in [-0.2, 0) is 4.65 Å². The van der Waals surface area contributed by atoms with Crippen molar-refractivity contribution in [2.24, 2.45) is 0 Å². The third kappa shape index (κ3) is 3.52. The molecule has 0 saturated carbocycles. The standard InChI is InChI=1S/C2H5BO3/c1-2-6-3(4)5/h2,4-5H,1H2. The van der Waals surface area contributed by atoms with Crippen molar-refractivity contribution in [3.8, 4) is 0 Å². The van der Waals surface area contributed by atoms with Gasteiger partial charge in [0.2, 0.25) is 0 Å². The van der Waals surface area contributed by atoms with E-state index < -0.39 is 7.32 Å². The van der Waals surface area contributed by atoms with Crippen molar-refractivity contribution in [2.45, 2.75) is 0 Å². The summed E-state index contributed by atoms with van der Waals surface area (Å²) in [6, 6.07) is 0.